The lowest BCUT2D eigenvalue weighted by Crippen LogP contribution is -2.23. The number of likely N-dealkylation sites (tertiary alicyclic amines) is 1. The maximum Gasteiger partial charge on any atom is 0.127 e. The SMILES string of the molecule is COc1ccc(CN2C[C@@H](CN)[C@H](c3ccccc3)C2)c(OC)c1. The fraction of sp³-hybridized carbons (Fsp3) is 0.400. The van der Waals surface area contributed by atoms with Gasteiger partial charge >= 0.3 is 0 Å². The lowest BCUT2D eigenvalue weighted by Gasteiger charge is -2.18. The molecule has 4 nitrogen and oxygen atoms in total. The molecule has 0 saturated carbocycles. The summed E-state index contributed by atoms with van der Waals surface area (Å²) in [5, 5.41) is 0. The first-order chi connectivity index (χ1) is 11.7. The standard InChI is InChI=1S/C20H26N2O2/c1-23-18-9-8-16(20(10-18)24-2)12-22-13-17(11-21)19(14-22)15-6-4-3-5-7-15/h3-10,17,19H,11-14,21H2,1-2H3/t17-,19+/m1/s1. The Morgan fingerprint density at radius 1 is 1.04 bits per heavy atom. The van der Waals surface area contributed by atoms with Crippen molar-refractivity contribution in [3.63, 3.8) is 0 Å². The molecular weight excluding hydrogens is 300 g/mol. The smallest absolute Gasteiger partial charge is 0.127 e. The topological polar surface area (TPSA) is 47.7 Å². The Kier molecular flexibility index (Phi) is 5.38. The van der Waals surface area contributed by atoms with Crippen LogP contribution >= 0.6 is 0 Å². The third-order valence-corrected chi connectivity index (χ3v) is 4.94. The van der Waals surface area contributed by atoms with E-state index >= 15 is 0 Å². The first-order valence-electron chi connectivity index (χ1n) is 8.43. The summed E-state index contributed by atoms with van der Waals surface area (Å²) >= 11 is 0. The summed E-state index contributed by atoms with van der Waals surface area (Å²) in [6.45, 7) is 3.63. The van der Waals surface area contributed by atoms with E-state index in [0.29, 0.717) is 11.8 Å². The van der Waals surface area contributed by atoms with Gasteiger partial charge in [-0.15, -0.1) is 0 Å². The molecule has 1 heterocycles. The second-order valence-corrected chi connectivity index (χ2v) is 6.38. The normalized spacial score (nSPS) is 21.0. The summed E-state index contributed by atoms with van der Waals surface area (Å²) in [7, 11) is 3.38. The number of nitrogens with zero attached hydrogens (tertiary/aromatic N) is 1. The number of hydrogen-bond acceptors (Lipinski definition) is 4. The molecule has 0 unspecified atom stereocenters. The average Bonchev–Trinajstić information content (AvgIpc) is 3.05. The molecule has 0 amide bonds. The molecule has 1 saturated heterocycles. The molecule has 2 aromatic carbocycles. The second-order valence-electron chi connectivity index (χ2n) is 6.38. The van der Waals surface area contributed by atoms with Gasteiger partial charge in [-0.2, -0.15) is 0 Å². The van der Waals surface area contributed by atoms with E-state index in [1.165, 1.54) is 11.1 Å². The Morgan fingerprint density at radius 2 is 1.83 bits per heavy atom. The van der Waals surface area contributed by atoms with Crippen molar-refractivity contribution >= 4 is 0 Å². The van der Waals surface area contributed by atoms with Crippen molar-refractivity contribution in [2.24, 2.45) is 11.7 Å². The molecular formula is C20H26N2O2. The molecule has 1 aliphatic rings. The molecule has 2 atom stereocenters. The van der Waals surface area contributed by atoms with E-state index in [1.807, 2.05) is 12.1 Å². The number of methoxy groups -OCH3 is 2. The Hall–Kier alpha value is -2.04. The molecule has 0 aromatic heterocycles. The van der Waals surface area contributed by atoms with Crippen LogP contribution in [-0.2, 0) is 6.54 Å². The van der Waals surface area contributed by atoms with E-state index < -0.39 is 0 Å². The number of hydrogen-bond donors (Lipinski definition) is 1. The van der Waals surface area contributed by atoms with Crippen molar-refractivity contribution in [1.29, 1.82) is 0 Å². The summed E-state index contributed by atoms with van der Waals surface area (Å²) < 4.78 is 10.8. The fourth-order valence-corrected chi connectivity index (χ4v) is 3.63. The molecule has 0 bridgehead atoms. The summed E-state index contributed by atoms with van der Waals surface area (Å²) in [5.74, 6) is 2.69. The Bertz CT molecular complexity index is 660. The van der Waals surface area contributed by atoms with E-state index in [4.69, 9.17) is 15.2 Å². The van der Waals surface area contributed by atoms with Gasteiger partial charge in [0.05, 0.1) is 14.2 Å². The molecule has 4 heteroatoms. The van der Waals surface area contributed by atoms with Crippen LogP contribution in [0.5, 0.6) is 11.5 Å². The van der Waals surface area contributed by atoms with E-state index in [2.05, 4.69) is 41.3 Å². The molecule has 0 spiro atoms. The second kappa shape index (κ2) is 7.69. The number of benzene rings is 2. The van der Waals surface area contributed by atoms with E-state index in [1.54, 1.807) is 14.2 Å². The summed E-state index contributed by atoms with van der Waals surface area (Å²) in [6, 6.07) is 16.7. The van der Waals surface area contributed by atoms with Crippen molar-refractivity contribution < 1.29 is 9.47 Å². The molecule has 2 N–H and O–H groups in total. The van der Waals surface area contributed by atoms with Crippen LogP contribution in [0.25, 0.3) is 0 Å². The van der Waals surface area contributed by atoms with E-state index in [9.17, 15) is 0 Å². The van der Waals surface area contributed by atoms with Crippen LogP contribution in [0.15, 0.2) is 48.5 Å². The number of nitrogens with two attached hydrogens (primary N) is 1. The zero-order chi connectivity index (χ0) is 16.9. The van der Waals surface area contributed by atoms with Crippen LogP contribution in [0.1, 0.15) is 17.0 Å². The average molecular weight is 326 g/mol. The fourth-order valence-electron chi connectivity index (χ4n) is 3.63. The van der Waals surface area contributed by atoms with E-state index in [-0.39, 0.29) is 0 Å². The van der Waals surface area contributed by atoms with Gasteiger partial charge in [-0.25, -0.2) is 0 Å². The van der Waals surface area contributed by atoms with E-state index in [0.717, 1.165) is 37.7 Å². The first-order valence-corrected chi connectivity index (χ1v) is 8.43. The molecule has 1 fully saturated rings. The van der Waals surface area contributed by atoms with Gasteiger partial charge in [0.1, 0.15) is 11.5 Å². The van der Waals surface area contributed by atoms with Crippen molar-refractivity contribution in [2.75, 3.05) is 33.9 Å². The van der Waals surface area contributed by atoms with Crippen LogP contribution < -0.4 is 15.2 Å². The van der Waals surface area contributed by atoms with Gasteiger partial charge < -0.3 is 15.2 Å². The minimum atomic E-state index is 0.497. The lowest BCUT2D eigenvalue weighted by molar-refractivity contribution is 0.307. The number of ether oxygens (including phenoxy) is 2. The van der Waals surface area contributed by atoms with Gasteiger partial charge in [-0.3, -0.25) is 4.90 Å². The monoisotopic (exact) mass is 326 g/mol. The van der Waals surface area contributed by atoms with Gasteiger partial charge in [-0.05, 0) is 24.1 Å². The summed E-state index contributed by atoms with van der Waals surface area (Å²) in [6.07, 6.45) is 0. The molecule has 0 aliphatic carbocycles. The molecule has 1 aliphatic heterocycles. The van der Waals surface area contributed by atoms with Crippen molar-refractivity contribution in [2.45, 2.75) is 12.5 Å². The van der Waals surface area contributed by atoms with Gasteiger partial charge in [0, 0.05) is 37.2 Å². The molecule has 3 rings (SSSR count). The molecule has 2 aromatic rings. The zero-order valence-corrected chi connectivity index (χ0v) is 14.4. The summed E-state index contributed by atoms with van der Waals surface area (Å²) in [4.78, 5) is 2.47. The Morgan fingerprint density at radius 3 is 2.50 bits per heavy atom. The van der Waals surface area contributed by atoms with Gasteiger partial charge in [0.2, 0.25) is 0 Å². The molecule has 24 heavy (non-hydrogen) atoms. The highest BCUT2D eigenvalue weighted by Gasteiger charge is 2.33. The van der Waals surface area contributed by atoms with Crippen LogP contribution in [0.2, 0.25) is 0 Å². The predicted octanol–water partition coefficient (Wildman–Crippen LogP) is 2.88. The lowest BCUT2D eigenvalue weighted by atomic mass is 9.89. The minimum absolute atomic E-state index is 0.497. The van der Waals surface area contributed by atoms with Crippen molar-refractivity contribution in [1.82, 2.24) is 4.90 Å². The van der Waals surface area contributed by atoms with Crippen molar-refractivity contribution in [3.05, 3.63) is 59.7 Å². The summed E-state index contributed by atoms with van der Waals surface area (Å²) in [5.41, 5.74) is 8.61. The maximum absolute atomic E-state index is 6.04. The highest BCUT2D eigenvalue weighted by atomic mass is 16.5. The Balaban J connectivity index is 1.75. The number of rotatable bonds is 6. The maximum atomic E-state index is 6.04. The minimum Gasteiger partial charge on any atom is -0.497 e. The largest absolute Gasteiger partial charge is 0.497 e. The highest BCUT2D eigenvalue weighted by Crippen LogP contribution is 2.34. The predicted molar refractivity (Wildman–Crippen MR) is 96.6 cm³/mol. The molecule has 128 valence electrons. The van der Waals surface area contributed by atoms with Crippen molar-refractivity contribution in [3.8, 4) is 11.5 Å². The van der Waals surface area contributed by atoms with Crippen LogP contribution in [0.4, 0.5) is 0 Å². The van der Waals surface area contributed by atoms with Crippen LogP contribution in [-0.4, -0.2) is 38.8 Å². The third kappa shape index (κ3) is 3.55. The van der Waals surface area contributed by atoms with Crippen LogP contribution in [0, 0.1) is 5.92 Å². The third-order valence-electron chi connectivity index (χ3n) is 4.94. The Labute approximate surface area is 144 Å². The van der Waals surface area contributed by atoms with Gasteiger partial charge in [-0.1, -0.05) is 36.4 Å². The quantitative estimate of drug-likeness (QED) is 0.887. The highest BCUT2D eigenvalue weighted by molar-refractivity contribution is 5.40. The van der Waals surface area contributed by atoms with Gasteiger partial charge in [0.25, 0.3) is 0 Å². The first kappa shape index (κ1) is 16.8. The van der Waals surface area contributed by atoms with Crippen LogP contribution in [0.3, 0.4) is 0 Å². The zero-order valence-electron chi connectivity index (χ0n) is 14.4. The molecule has 0 radical (unpaired) electrons. The van der Waals surface area contributed by atoms with Gasteiger partial charge in [0.15, 0.2) is 0 Å².